The Morgan fingerprint density at radius 3 is 2.63 bits per heavy atom. The van der Waals surface area contributed by atoms with E-state index in [1.807, 2.05) is 6.07 Å². The smallest absolute Gasteiger partial charge is 0.166 e. The second-order valence-corrected chi connectivity index (χ2v) is 6.68. The molecule has 0 radical (unpaired) electrons. The van der Waals surface area contributed by atoms with Crippen LogP contribution in [0.15, 0.2) is 24.3 Å². The van der Waals surface area contributed by atoms with Crippen LogP contribution < -0.4 is 0 Å². The van der Waals surface area contributed by atoms with Crippen molar-refractivity contribution in [2.24, 2.45) is 5.92 Å². The van der Waals surface area contributed by atoms with E-state index in [2.05, 4.69) is 15.9 Å². The standard InChI is InChI=1S/C15H18BrF3/c16-14-7-2-1-4-12(10-14)8-11-5-3-6-13(9-11)15(17,18)19/h3,5-6,9,12,14H,1-2,4,7-8,10H2. The van der Waals surface area contributed by atoms with Crippen LogP contribution in [-0.2, 0) is 12.6 Å². The molecule has 1 saturated carbocycles. The summed E-state index contributed by atoms with van der Waals surface area (Å²) >= 11 is 3.66. The maximum Gasteiger partial charge on any atom is 0.416 e. The average Bonchev–Trinajstić information content (AvgIpc) is 2.53. The van der Waals surface area contributed by atoms with Gasteiger partial charge in [-0.05, 0) is 36.8 Å². The van der Waals surface area contributed by atoms with E-state index in [0.717, 1.165) is 30.9 Å². The van der Waals surface area contributed by atoms with Crippen LogP contribution in [0.4, 0.5) is 13.2 Å². The molecule has 1 aromatic carbocycles. The van der Waals surface area contributed by atoms with Gasteiger partial charge in [0.05, 0.1) is 5.56 Å². The van der Waals surface area contributed by atoms with Crippen LogP contribution in [-0.4, -0.2) is 4.83 Å². The maximum absolute atomic E-state index is 12.7. The Morgan fingerprint density at radius 2 is 1.89 bits per heavy atom. The topological polar surface area (TPSA) is 0 Å². The first-order valence-electron chi connectivity index (χ1n) is 6.75. The molecule has 2 rings (SSSR count). The molecule has 0 heterocycles. The third-order valence-electron chi connectivity index (χ3n) is 3.75. The third-order valence-corrected chi connectivity index (χ3v) is 4.58. The maximum atomic E-state index is 12.7. The average molecular weight is 335 g/mol. The summed E-state index contributed by atoms with van der Waals surface area (Å²) in [6.45, 7) is 0. The molecular formula is C15H18BrF3. The molecule has 2 atom stereocenters. The van der Waals surface area contributed by atoms with Gasteiger partial charge in [0.25, 0.3) is 0 Å². The van der Waals surface area contributed by atoms with Crippen LogP contribution in [0.3, 0.4) is 0 Å². The second kappa shape index (κ2) is 6.29. The van der Waals surface area contributed by atoms with Crippen LogP contribution >= 0.6 is 15.9 Å². The lowest BCUT2D eigenvalue weighted by molar-refractivity contribution is -0.137. The molecule has 0 aliphatic heterocycles. The number of halogens is 4. The van der Waals surface area contributed by atoms with Gasteiger partial charge in [-0.15, -0.1) is 0 Å². The summed E-state index contributed by atoms with van der Waals surface area (Å²) in [5, 5.41) is 0. The van der Waals surface area contributed by atoms with E-state index < -0.39 is 11.7 Å². The monoisotopic (exact) mass is 334 g/mol. The molecule has 1 aromatic rings. The molecule has 4 heteroatoms. The van der Waals surface area contributed by atoms with Crippen molar-refractivity contribution in [3.8, 4) is 0 Å². The summed E-state index contributed by atoms with van der Waals surface area (Å²) in [7, 11) is 0. The fourth-order valence-corrected chi connectivity index (χ4v) is 3.64. The summed E-state index contributed by atoms with van der Waals surface area (Å²) < 4.78 is 38.0. The molecule has 0 amide bonds. The minimum Gasteiger partial charge on any atom is -0.166 e. The molecule has 0 aromatic heterocycles. The number of alkyl halides is 4. The van der Waals surface area contributed by atoms with E-state index in [0.29, 0.717) is 10.7 Å². The third kappa shape index (κ3) is 4.51. The summed E-state index contributed by atoms with van der Waals surface area (Å²) in [6.07, 6.45) is 2.29. The van der Waals surface area contributed by atoms with E-state index in [1.54, 1.807) is 0 Å². The first-order valence-corrected chi connectivity index (χ1v) is 7.67. The van der Waals surface area contributed by atoms with Crippen LogP contribution in [0.25, 0.3) is 0 Å². The Kier molecular flexibility index (Phi) is 4.93. The molecule has 1 fully saturated rings. The number of rotatable bonds is 2. The molecule has 19 heavy (non-hydrogen) atoms. The van der Waals surface area contributed by atoms with E-state index in [9.17, 15) is 13.2 Å². The molecule has 106 valence electrons. The summed E-state index contributed by atoms with van der Waals surface area (Å²) in [5.41, 5.74) is 0.274. The Morgan fingerprint density at radius 1 is 1.16 bits per heavy atom. The Balaban J connectivity index is 2.06. The van der Waals surface area contributed by atoms with E-state index >= 15 is 0 Å². The van der Waals surface area contributed by atoms with Gasteiger partial charge >= 0.3 is 6.18 Å². The molecule has 1 aliphatic carbocycles. The Bertz CT molecular complexity index is 414. The van der Waals surface area contributed by atoms with Crippen molar-refractivity contribution in [2.45, 2.75) is 49.5 Å². The first-order chi connectivity index (χ1) is 8.95. The molecule has 0 spiro atoms. The predicted molar refractivity (Wildman–Crippen MR) is 74.4 cm³/mol. The number of benzene rings is 1. The van der Waals surface area contributed by atoms with Gasteiger partial charge in [-0.3, -0.25) is 0 Å². The highest BCUT2D eigenvalue weighted by Gasteiger charge is 2.30. The summed E-state index contributed by atoms with van der Waals surface area (Å²) in [6, 6.07) is 5.77. The van der Waals surface area contributed by atoms with Gasteiger partial charge in [0.15, 0.2) is 0 Å². The normalized spacial score (nSPS) is 25.1. The zero-order chi connectivity index (χ0) is 13.9. The molecule has 0 saturated heterocycles. The van der Waals surface area contributed by atoms with Gasteiger partial charge in [0, 0.05) is 4.83 Å². The van der Waals surface area contributed by atoms with Crippen LogP contribution in [0.2, 0.25) is 0 Å². The van der Waals surface area contributed by atoms with Crippen LogP contribution in [0.1, 0.15) is 43.2 Å². The van der Waals surface area contributed by atoms with E-state index in [-0.39, 0.29) is 0 Å². The predicted octanol–water partition coefficient (Wildman–Crippen LogP) is 5.59. The highest BCUT2D eigenvalue weighted by molar-refractivity contribution is 9.09. The zero-order valence-electron chi connectivity index (χ0n) is 10.7. The van der Waals surface area contributed by atoms with Crippen molar-refractivity contribution in [3.05, 3.63) is 35.4 Å². The van der Waals surface area contributed by atoms with Crippen molar-refractivity contribution in [1.29, 1.82) is 0 Å². The number of hydrogen-bond acceptors (Lipinski definition) is 0. The fraction of sp³-hybridized carbons (Fsp3) is 0.600. The molecule has 0 N–H and O–H groups in total. The van der Waals surface area contributed by atoms with E-state index in [1.165, 1.54) is 31.4 Å². The lowest BCUT2D eigenvalue weighted by atomic mass is 9.92. The van der Waals surface area contributed by atoms with Crippen molar-refractivity contribution in [3.63, 3.8) is 0 Å². The molecule has 2 unspecified atom stereocenters. The second-order valence-electron chi connectivity index (χ2n) is 5.39. The van der Waals surface area contributed by atoms with Gasteiger partial charge in [-0.2, -0.15) is 13.2 Å². The van der Waals surface area contributed by atoms with Gasteiger partial charge in [-0.1, -0.05) is 53.4 Å². The van der Waals surface area contributed by atoms with Crippen molar-refractivity contribution in [2.75, 3.05) is 0 Å². The van der Waals surface area contributed by atoms with Gasteiger partial charge in [0.2, 0.25) is 0 Å². The van der Waals surface area contributed by atoms with Gasteiger partial charge in [-0.25, -0.2) is 0 Å². The summed E-state index contributed by atoms with van der Waals surface area (Å²) in [4.78, 5) is 0.519. The molecule has 0 bridgehead atoms. The minimum absolute atomic E-state index is 0.496. The lowest BCUT2D eigenvalue weighted by Crippen LogP contribution is -2.10. The van der Waals surface area contributed by atoms with Crippen LogP contribution in [0.5, 0.6) is 0 Å². The molecule has 0 nitrogen and oxygen atoms in total. The van der Waals surface area contributed by atoms with Gasteiger partial charge < -0.3 is 0 Å². The quantitative estimate of drug-likeness (QED) is 0.488. The fourth-order valence-electron chi connectivity index (χ4n) is 2.79. The SMILES string of the molecule is FC(F)(F)c1cccc(CC2CCCCC(Br)C2)c1. The number of hydrogen-bond donors (Lipinski definition) is 0. The highest BCUT2D eigenvalue weighted by Crippen LogP contribution is 2.33. The molecule has 1 aliphatic rings. The van der Waals surface area contributed by atoms with Gasteiger partial charge in [0.1, 0.15) is 0 Å². The molecular weight excluding hydrogens is 317 g/mol. The first kappa shape index (κ1) is 14.9. The van der Waals surface area contributed by atoms with Crippen molar-refractivity contribution >= 4 is 15.9 Å². The van der Waals surface area contributed by atoms with E-state index in [4.69, 9.17) is 0 Å². The largest absolute Gasteiger partial charge is 0.416 e. The minimum atomic E-state index is -4.24. The van der Waals surface area contributed by atoms with Crippen LogP contribution in [0, 0.1) is 5.92 Å². The Hall–Kier alpha value is -0.510. The van der Waals surface area contributed by atoms with Crippen molar-refractivity contribution < 1.29 is 13.2 Å². The zero-order valence-corrected chi connectivity index (χ0v) is 12.3. The lowest BCUT2D eigenvalue weighted by Gasteiger charge is -2.17. The summed E-state index contributed by atoms with van der Waals surface area (Å²) in [5.74, 6) is 0.496. The van der Waals surface area contributed by atoms with Crippen molar-refractivity contribution in [1.82, 2.24) is 0 Å². The highest BCUT2D eigenvalue weighted by atomic mass is 79.9. The Labute approximate surface area is 120 Å².